The molecule has 4 heteroatoms. The van der Waals surface area contributed by atoms with Gasteiger partial charge in [0.15, 0.2) is 0 Å². The van der Waals surface area contributed by atoms with Crippen molar-refractivity contribution in [1.29, 1.82) is 0 Å². The lowest BCUT2D eigenvalue weighted by Gasteiger charge is -2.25. The fourth-order valence-electron chi connectivity index (χ4n) is 1.97. The Labute approximate surface area is 128 Å². The lowest BCUT2D eigenvalue weighted by molar-refractivity contribution is -0.130. The van der Waals surface area contributed by atoms with Crippen LogP contribution in [0.2, 0.25) is 0 Å². The van der Waals surface area contributed by atoms with E-state index in [0.29, 0.717) is 6.54 Å². The number of rotatable bonds is 7. The molecule has 0 saturated carbocycles. The standard InChI is InChI=1S/C16H26N2O.ClH/c1-13(12-17)18-15(19)16(2,3)11-7-10-14-8-5-4-6-9-14;/h4-6,8-9,13H,7,10-12,17H2,1-3H3,(H,18,19);1H/t13-;/m0./s1. The zero-order chi connectivity index (χ0) is 14.3. The number of aryl methyl sites for hydroxylation is 1. The highest BCUT2D eigenvalue weighted by Crippen LogP contribution is 2.24. The minimum atomic E-state index is -0.335. The first kappa shape index (κ1) is 18.9. The van der Waals surface area contributed by atoms with Crippen molar-refractivity contribution in [2.24, 2.45) is 11.1 Å². The maximum Gasteiger partial charge on any atom is 0.225 e. The largest absolute Gasteiger partial charge is 0.352 e. The summed E-state index contributed by atoms with van der Waals surface area (Å²) in [6.07, 6.45) is 2.91. The van der Waals surface area contributed by atoms with E-state index in [9.17, 15) is 4.79 Å². The lowest BCUT2D eigenvalue weighted by atomic mass is 9.85. The zero-order valence-electron chi connectivity index (χ0n) is 12.7. The van der Waals surface area contributed by atoms with E-state index < -0.39 is 0 Å². The number of nitrogens with two attached hydrogens (primary N) is 1. The average Bonchev–Trinajstić information content (AvgIpc) is 2.39. The number of hydrogen-bond acceptors (Lipinski definition) is 2. The molecule has 1 atom stereocenters. The van der Waals surface area contributed by atoms with Crippen molar-refractivity contribution >= 4 is 18.3 Å². The first-order valence-electron chi connectivity index (χ1n) is 7.00. The van der Waals surface area contributed by atoms with Crippen LogP contribution in [0, 0.1) is 5.41 Å². The maximum absolute atomic E-state index is 12.1. The van der Waals surface area contributed by atoms with E-state index in [0.717, 1.165) is 19.3 Å². The van der Waals surface area contributed by atoms with Crippen molar-refractivity contribution in [2.45, 2.75) is 46.1 Å². The molecule has 20 heavy (non-hydrogen) atoms. The second-order valence-electron chi connectivity index (χ2n) is 5.83. The summed E-state index contributed by atoms with van der Waals surface area (Å²) in [5, 5.41) is 2.95. The Hall–Kier alpha value is -1.06. The molecule has 3 N–H and O–H groups in total. The van der Waals surface area contributed by atoms with Crippen LogP contribution in [0.4, 0.5) is 0 Å². The van der Waals surface area contributed by atoms with E-state index >= 15 is 0 Å². The molecule has 0 bridgehead atoms. The third-order valence-corrected chi connectivity index (χ3v) is 3.46. The van der Waals surface area contributed by atoms with Gasteiger partial charge in [0.1, 0.15) is 0 Å². The van der Waals surface area contributed by atoms with E-state index in [-0.39, 0.29) is 29.8 Å². The van der Waals surface area contributed by atoms with Crippen LogP contribution in [-0.2, 0) is 11.2 Å². The quantitative estimate of drug-likeness (QED) is 0.813. The Balaban J connectivity index is 0.00000361. The molecular weight excluding hydrogens is 272 g/mol. The molecule has 0 spiro atoms. The molecule has 1 aromatic rings. The predicted octanol–water partition coefficient (Wildman–Crippen LogP) is 2.92. The molecule has 0 aromatic heterocycles. The minimum Gasteiger partial charge on any atom is -0.352 e. The van der Waals surface area contributed by atoms with Crippen LogP contribution < -0.4 is 11.1 Å². The van der Waals surface area contributed by atoms with E-state index in [1.807, 2.05) is 26.8 Å². The monoisotopic (exact) mass is 298 g/mol. The van der Waals surface area contributed by atoms with Crippen molar-refractivity contribution in [1.82, 2.24) is 5.32 Å². The minimum absolute atomic E-state index is 0. The molecule has 0 fully saturated rings. The zero-order valence-corrected chi connectivity index (χ0v) is 13.5. The molecule has 0 aliphatic rings. The summed E-state index contributed by atoms with van der Waals surface area (Å²) in [4.78, 5) is 12.1. The van der Waals surface area contributed by atoms with Crippen LogP contribution in [0.15, 0.2) is 30.3 Å². The number of carbonyl (C=O) groups excluding carboxylic acids is 1. The molecular formula is C16H27ClN2O. The fourth-order valence-corrected chi connectivity index (χ4v) is 1.97. The van der Waals surface area contributed by atoms with E-state index in [1.165, 1.54) is 5.56 Å². The SMILES string of the molecule is C[C@@H](CN)NC(=O)C(C)(C)CCCc1ccccc1.Cl. The molecule has 0 aliphatic heterocycles. The summed E-state index contributed by atoms with van der Waals surface area (Å²) in [6.45, 7) is 6.40. The summed E-state index contributed by atoms with van der Waals surface area (Å²) >= 11 is 0. The second-order valence-corrected chi connectivity index (χ2v) is 5.83. The van der Waals surface area contributed by atoms with Gasteiger partial charge in [0, 0.05) is 18.0 Å². The molecule has 3 nitrogen and oxygen atoms in total. The fraction of sp³-hybridized carbons (Fsp3) is 0.562. The lowest BCUT2D eigenvalue weighted by Crippen LogP contribution is -2.44. The van der Waals surface area contributed by atoms with Crippen LogP contribution in [0.1, 0.15) is 39.2 Å². The van der Waals surface area contributed by atoms with Crippen molar-refractivity contribution in [3.05, 3.63) is 35.9 Å². The van der Waals surface area contributed by atoms with E-state index in [2.05, 4.69) is 29.6 Å². The van der Waals surface area contributed by atoms with Crippen molar-refractivity contribution in [3.8, 4) is 0 Å². The normalized spacial score (nSPS) is 12.4. The van der Waals surface area contributed by atoms with Gasteiger partial charge in [-0.2, -0.15) is 0 Å². The van der Waals surface area contributed by atoms with Crippen molar-refractivity contribution in [2.75, 3.05) is 6.54 Å². The second kappa shape index (κ2) is 8.98. The molecule has 114 valence electrons. The van der Waals surface area contributed by atoms with Gasteiger partial charge in [-0.15, -0.1) is 12.4 Å². The van der Waals surface area contributed by atoms with Gasteiger partial charge in [-0.25, -0.2) is 0 Å². The first-order chi connectivity index (χ1) is 8.95. The average molecular weight is 299 g/mol. The number of amides is 1. The number of hydrogen-bond donors (Lipinski definition) is 2. The number of halogens is 1. The smallest absolute Gasteiger partial charge is 0.225 e. The van der Waals surface area contributed by atoms with Crippen molar-refractivity contribution in [3.63, 3.8) is 0 Å². The third-order valence-electron chi connectivity index (χ3n) is 3.46. The molecule has 0 saturated heterocycles. The summed E-state index contributed by atoms with van der Waals surface area (Å²) < 4.78 is 0. The maximum atomic E-state index is 12.1. The molecule has 1 amide bonds. The Kier molecular flexibility index (Phi) is 8.51. The molecule has 1 rings (SSSR count). The van der Waals surface area contributed by atoms with E-state index in [1.54, 1.807) is 0 Å². The third kappa shape index (κ3) is 6.40. The van der Waals surface area contributed by atoms with Gasteiger partial charge in [-0.05, 0) is 31.7 Å². The van der Waals surface area contributed by atoms with Gasteiger partial charge in [-0.1, -0.05) is 44.2 Å². The molecule has 0 radical (unpaired) electrons. The van der Waals surface area contributed by atoms with E-state index in [4.69, 9.17) is 5.73 Å². The highest BCUT2D eigenvalue weighted by atomic mass is 35.5. The number of nitrogens with one attached hydrogen (secondary N) is 1. The predicted molar refractivity (Wildman–Crippen MR) is 87.1 cm³/mol. The highest BCUT2D eigenvalue weighted by molar-refractivity contribution is 5.85. The summed E-state index contributed by atoms with van der Waals surface area (Å²) in [5.41, 5.74) is 6.52. The van der Waals surface area contributed by atoms with Gasteiger partial charge in [0.05, 0.1) is 0 Å². The van der Waals surface area contributed by atoms with Gasteiger partial charge in [-0.3, -0.25) is 4.79 Å². The first-order valence-corrected chi connectivity index (χ1v) is 7.00. The van der Waals surface area contributed by atoms with Gasteiger partial charge in [0.2, 0.25) is 5.91 Å². The van der Waals surface area contributed by atoms with Crippen molar-refractivity contribution < 1.29 is 4.79 Å². The Bertz CT molecular complexity index is 393. The number of carbonyl (C=O) groups is 1. The Morgan fingerprint density at radius 3 is 2.45 bits per heavy atom. The van der Waals surface area contributed by atoms with Gasteiger partial charge >= 0.3 is 0 Å². The topological polar surface area (TPSA) is 55.1 Å². The summed E-state index contributed by atoms with van der Waals surface area (Å²) in [6, 6.07) is 10.4. The summed E-state index contributed by atoms with van der Waals surface area (Å²) in [5.74, 6) is 0.0958. The molecule has 1 aromatic carbocycles. The van der Waals surface area contributed by atoms with Crippen LogP contribution in [0.3, 0.4) is 0 Å². The van der Waals surface area contributed by atoms with Crippen LogP contribution in [0.5, 0.6) is 0 Å². The highest BCUT2D eigenvalue weighted by Gasteiger charge is 2.27. The molecule has 0 aliphatic carbocycles. The summed E-state index contributed by atoms with van der Waals surface area (Å²) in [7, 11) is 0. The van der Waals surface area contributed by atoms with Crippen LogP contribution >= 0.6 is 12.4 Å². The van der Waals surface area contributed by atoms with Gasteiger partial charge < -0.3 is 11.1 Å². The van der Waals surface area contributed by atoms with Crippen LogP contribution in [0.25, 0.3) is 0 Å². The van der Waals surface area contributed by atoms with Crippen LogP contribution in [-0.4, -0.2) is 18.5 Å². The Morgan fingerprint density at radius 2 is 1.90 bits per heavy atom. The molecule has 0 heterocycles. The Morgan fingerprint density at radius 1 is 1.30 bits per heavy atom. The molecule has 0 unspecified atom stereocenters. The van der Waals surface area contributed by atoms with Gasteiger partial charge in [0.25, 0.3) is 0 Å². The number of benzene rings is 1.